The third-order valence-corrected chi connectivity index (χ3v) is 9.67. The first-order chi connectivity index (χ1) is 21.4. The number of nitrogen functional groups attached to an aromatic ring is 1. The molecule has 0 spiro atoms. The fraction of sp³-hybridized carbons (Fsp3) is 0.433. The average Bonchev–Trinajstić information content (AvgIpc) is 3.64. The second-order valence-corrected chi connectivity index (χ2v) is 12.5. The summed E-state index contributed by atoms with van der Waals surface area (Å²) in [7, 11) is 1.53. The maximum atomic E-state index is 16.7. The van der Waals surface area contributed by atoms with E-state index < -0.39 is 46.2 Å². The number of nitriles is 1. The number of ether oxygens (including phenoxy) is 1. The normalized spacial score (nSPS) is 20.2. The van der Waals surface area contributed by atoms with Gasteiger partial charge in [0.15, 0.2) is 5.82 Å². The summed E-state index contributed by atoms with van der Waals surface area (Å²) in [4.78, 5) is 12.0. The second-order valence-electron chi connectivity index (χ2n) is 11.5. The number of rotatable bonds is 8. The van der Waals surface area contributed by atoms with Crippen LogP contribution in [0.1, 0.15) is 36.8 Å². The predicted octanol–water partition coefficient (Wildman–Crippen LogP) is 6.04. The van der Waals surface area contributed by atoms with E-state index in [0.29, 0.717) is 24.3 Å². The smallest absolute Gasteiger partial charge is 0.417 e. The number of aliphatic hydroxyl groups excluding tert-OH is 1. The number of benzene rings is 2. The van der Waals surface area contributed by atoms with E-state index in [4.69, 9.17) is 10.5 Å². The highest BCUT2D eigenvalue weighted by Crippen LogP contribution is 2.48. The molecule has 2 aliphatic heterocycles. The van der Waals surface area contributed by atoms with E-state index in [0.717, 1.165) is 24.6 Å². The third-order valence-electron chi connectivity index (χ3n) is 8.64. The third kappa shape index (κ3) is 5.28. The van der Waals surface area contributed by atoms with Crippen molar-refractivity contribution in [1.82, 2.24) is 14.9 Å². The van der Waals surface area contributed by atoms with Gasteiger partial charge in [0, 0.05) is 49.5 Å². The summed E-state index contributed by atoms with van der Waals surface area (Å²) in [6.07, 6.45) is -4.14. The van der Waals surface area contributed by atoms with Gasteiger partial charge in [-0.25, -0.2) is 13.2 Å². The zero-order valence-electron chi connectivity index (χ0n) is 24.0. The molecule has 0 unspecified atom stereocenters. The fourth-order valence-corrected chi connectivity index (χ4v) is 7.55. The number of anilines is 2. The lowest BCUT2D eigenvalue weighted by Crippen LogP contribution is -2.43. The summed E-state index contributed by atoms with van der Waals surface area (Å²) in [5.74, 6) is -2.28. The van der Waals surface area contributed by atoms with Gasteiger partial charge >= 0.3 is 12.2 Å². The van der Waals surface area contributed by atoms with E-state index >= 15 is 4.39 Å². The monoisotopic (exact) mass is 650 g/mol. The predicted molar refractivity (Wildman–Crippen MR) is 158 cm³/mol. The Balaban J connectivity index is 1.58. The molecule has 2 aliphatic rings. The van der Waals surface area contributed by atoms with Crippen LogP contribution in [0.25, 0.3) is 32.1 Å². The minimum Gasteiger partial charge on any atom is -0.461 e. The molecule has 2 aromatic carbocycles. The number of aromatic nitrogens is 2. The molecule has 2 fully saturated rings. The molecule has 4 heterocycles. The van der Waals surface area contributed by atoms with Gasteiger partial charge in [0.1, 0.15) is 41.0 Å². The van der Waals surface area contributed by atoms with Crippen LogP contribution in [-0.4, -0.2) is 71.6 Å². The van der Waals surface area contributed by atoms with Crippen LogP contribution >= 0.6 is 11.3 Å². The zero-order valence-corrected chi connectivity index (χ0v) is 24.8. The van der Waals surface area contributed by atoms with Crippen LogP contribution in [0, 0.1) is 23.0 Å². The zero-order chi connectivity index (χ0) is 32.3. The lowest BCUT2D eigenvalue weighted by atomic mass is 9.92. The number of alkyl halides is 4. The van der Waals surface area contributed by atoms with Crippen molar-refractivity contribution in [2.45, 2.75) is 43.6 Å². The largest absolute Gasteiger partial charge is 0.461 e. The van der Waals surface area contributed by atoms with Crippen molar-refractivity contribution in [1.29, 1.82) is 5.26 Å². The molecule has 238 valence electrons. The van der Waals surface area contributed by atoms with Gasteiger partial charge in [0.05, 0.1) is 21.4 Å². The van der Waals surface area contributed by atoms with E-state index in [1.165, 1.54) is 11.9 Å². The highest BCUT2D eigenvalue weighted by Gasteiger charge is 2.49. The van der Waals surface area contributed by atoms with Crippen molar-refractivity contribution in [2.24, 2.45) is 0 Å². The van der Waals surface area contributed by atoms with Crippen molar-refractivity contribution < 1.29 is 36.2 Å². The lowest BCUT2D eigenvalue weighted by Gasteiger charge is -2.31. The Bertz CT molecular complexity index is 1840. The molecule has 4 aromatic rings. The van der Waals surface area contributed by atoms with E-state index in [1.54, 1.807) is 6.07 Å². The van der Waals surface area contributed by atoms with Crippen LogP contribution in [0.3, 0.4) is 0 Å². The molecule has 2 aromatic heterocycles. The first-order valence-electron chi connectivity index (χ1n) is 14.2. The molecule has 2 atom stereocenters. The molecule has 8 nitrogen and oxygen atoms in total. The number of nitrogens with two attached hydrogens (primary N) is 1. The molecule has 15 heteroatoms. The van der Waals surface area contributed by atoms with Crippen LogP contribution in [0.4, 0.5) is 37.2 Å². The van der Waals surface area contributed by atoms with E-state index in [2.05, 4.69) is 9.97 Å². The molecule has 0 radical (unpaired) electrons. The Morgan fingerprint density at radius 3 is 2.78 bits per heavy atom. The maximum Gasteiger partial charge on any atom is 0.417 e. The van der Waals surface area contributed by atoms with E-state index in [9.17, 15) is 32.3 Å². The summed E-state index contributed by atoms with van der Waals surface area (Å²) < 4.78 is 95.7. The van der Waals surface area contributed by atoms with Crippen LogP contribution in [0.5, 0.6) is 6.01 Å². The van der Waals surface area contributed by atoms with Crippen molar-refractivity contribution in [3.8, 4) is 23.2 Å². The Hall–Kier alpha value is -3.87. The molecule has 0 amide bonds. The summed E-state index contributed by atoms with van der Waals surface area (Å²) >= 11 is 0.677. The highest BCUT2D eigenvalue weighted by atomic mass is 32.1. The molecule has 6 rings (SSSR count). The van der Waals surface area contributed by atoms with E-state index in [1.807, 2.05) is 4.90 Å². The minimum atomic E-state index is -5.09. The van der Waals surface area contributed by atoms with Crippen LogP contribution in [0.2, 0.25) is 0 Å². The molecular formula is C30H28F6N6O2S. The quantitative estimate of drug-likeness (QED) is 0.222. The van der Waals surface area contributed by atoms with Gasteiger partial charge < -0.3 is 20.5 Å². The van der Waals surface area contributed by atoms with Crippen molar-refractivity contribution in [2.75, 3.05) is 50.5 Å². The van der Waals surface area contributed by atoms with Gasteiger partial charge in [-0.2, -0.15) is 28.4 Å². The number of thiophene rings is 1. The van der Waals surface area contributed by atoms with Crippen molar-refractivity contribution in [3.05, 3.63) is 41.0 Å². The van der Waals surface area contributed by atoms with Crippen LogP contribution in [0.15, 0.2) is 18.2 Å². The first kappa shape index (κ1) is 31.1. The van der Waals surface area contributed by atoms with Crippen molar-refractivity contribution >= 4 is 43.1 Å². The SMILES string of the molecule is CN(CCCO)c1nc(OC[C@@]23CCCN2C[C@H](F)C3)nc2c(F)c(-c3ccc(F)c4sc(N)c(C#N)c34)c(C(F)(F)F)cc12. The van der Waals surface area contributed by atoms with Crippen molar-refractivity contribution in [3.63, 3.8) is 0 Å². The number of hydrogen-bond acceptors (Lipinski definition) is 9. The Morgan fingerprint density at radius 2 is 2.07 bits per heavy atom. The topological polar surface area (TPSA) is 112 Å². The highest BCUT2D eigenvalue weighted by molar-refractivity contribution is 7.23. The summed E-state index contributed by atoms with van der Waals surface area (Å²) in [6.45, 7) is 0.897. The number of aliphatic hydroxyl groups is 1. The van der Waals surface area contributed by atoms with Gasteiger partial charge in [0.25, 0.3) is 0 Å². The standard InChI is InChI=1S/C30H28F6N6O2S/c1-41(7-3-9-43)27-17-10-19(30(34,35)36)22(16-4-5-20(32)25-21(16)18(12-37)26(38)45-25)23(33)24(17)39-28(40-27)44-14-29-6-2-8-42(29)13-15(31)11-29/h4-5,10,15,43H,2-3,6-9,11,13-14,38H2,1H3/t15-,29+/m1/s1. The summed E-state index contributed by atoms with van der Waals surface area (Å²) in [6, 6.07) is 4.09. The molecule has 3 N–H and O–H groups in total. The lowest BCUT2D eigenvalue weighted by molar-refractivity contribution is -0.137. The number of nitrogens with zero attached hydrogens (tertiary/aromatic N) is 5. The molecule has 45 heavy (non-hydrogen) atoms. The second kappa shape index (κ2) is 11.5. The Kier molecular flexibility index (Phi) is 7.95. The Labute approximate surface area is 257 Å². The fourth-order valence-electron chi connectivity index (χ4n) is 6.60. The van der Waals surface area contributed by atoms with Gasteiger partial charge in [0.2, 0.25) is 0 Å². The molecular weight excluding hydrogens is 622 g/mol. The average molecular weight is 651 g/mol. The number of hydrogen-bond donors (Lipinski definition) is 2. The van der Waals surface area contributed by atoms with Crippen LogP contribution < -0.4 is 15.4 Å². The first-order valence-corrected chi connectivity index (χ1v) is 15.1. The number of fused-ring (bicyclic) bond motifs is 3. The van der Waals surface area contributed by atoms with Gasteiger partial charge in [-0.3, -0.25) is 4.90 Å². The molecule has 0 bridgehead atoms. The minimum absolute atomic E-state index is 0.00781. The van der Waals surface area contributed by atoms with Gasteiger partial charge in [-0.05, 0) is 43.5 Å². The molecule has 0 saturated carbocycles. The summed E-state index contributed by atoms with van der Waals surface area (Å²) in [5.41, 5.74) is 1.84. The van der Waals surface area contributed by atoms with E-state index in [-0.39, 0.29) is 82.6 Å². The van der Waals surface area contributed by atoms with Crippen LogP contribution in [-0.2, 0) is 6.18 Å². The van der Waals surface area contributed by atoms with Gasteiger partial charge in [-0.15, -0.1) is 11.3 Å². The number of halogens is 6. The van der Waals surface area contributed by atoms with Gasteiger partial charge in [-0.1, -0.05) is 6.07 Å². The molecule has 2 saturated heterocycles. The maximum absolute atomic E-state index is 16.7. The Morgan fingerprint density at radius 1 is 1.29 bits per heavy atom. The summed E-state index contributed by atoms with van der Waals surface area (Å²) in [5, 5.41) is 18.5. The molecule has 0 aliphatic carbocycles.